The zero-order valence-corrected chi connectivity index (χ0v) is 11.7. The first-order valence-corrected chi connectivity index (χ1v) is 6.21. The van der Waals surface area contributed by atoms with Crippen molar-refractivity contribution in [2.45, 2.75) is 38.8 Å². The summed E-state index contributed by atoms with van der Waals surface area (Å²) in [4.78, 5) is 13.5. The smallest absolute Gasteiger partial charge is 0.242 e. The second-order valence-electron chi connectivity index (χ2n) is 5.03. The predicted octanol–water partition coefficient (Wildman–Crippen LogP) is 2.61. The molecule has 0 aliphatic heterocycles. The van der Waals surface area contributed by atoms with E-state index in [9.17, 15) is 13.6 Å². The third-order valence-corrected chi connectivity index (χ3v) is 3.53. The van der Waals surface area contributed by atoms with Gasteiger partial charge in [0.15, 0.2) is 0 Å². The highest BCUT2D eigenvalue weighted by Gasteiger charge is 2.32. The second-order valence-corrected chi connectivity index (χ2v) is 5.03. The van der Waals surface area contributed by atoms with Crippen molar-refractivity contribution in [3.8, 4) is 0 Å². The second kappa shape index (κ2) is 5.65. The van der Waals surface area contributed by atoms with Crippen molar-refractivity contribution in [3.05, 3.63) is 35.4 Å². The summed E-state index contributed by atoms with van der Waals surface area (Å²) in [5.41, 5.74) is 5.02. The number of carbonyl (C=O) groups is 1. The van der Waals surface area contributed by atoms with Gasteiger partial charge in [-0.1, -0.05) is 6.92 Å². The molecule has 0 saturated carbocycles. The molecule has 0 heterocycles. The van der Waals surface area contributed by atoms with Gasteiger partial charge in [-0.3, -0.25) is 4.79 Å². The molecule has 0 aliphatic rings. The average molecular weight is 270 g/mol. The predicted molar refractivity (Wildman–Crippen MR) is 70.4 cm³/mol. The number of halogens is 2. The summed E-state index contributed by atoms with van der Waals surface area (Å²) < 4.78 is 26.9. The fraction of sp³-hybridized carbons (Fsp3) is 0.500. The third kappa shape index (κ3) is 3.29. The van der Waals surface area contributed by atoms with Crippen LogP contribution < -0.4 is 5.73 Å². The molecule has 106 valence electrons. The van der Waals surface area contributed by atoms with E-state index in [1.54, 1.807) is 20.8 Å². The van der Waals surface area contributed by atoms with E-state index in [1.165, 1.54) is 11.9 Å². The van der Waals surface area contributed by atoms with Crippen LogP contribution in [0.2, 0.25) is 0 Å². The molecule has 1 aromatic carbocycles. The number of benzene rings is 1. The van der Waals surface area contributed by atoms with Crippen LogP contribution in [0.3, 0.4) is 0 Å². The van der Waals surface area contributed by atoms with Crippen molar-refractivity contribution >= 4 is 5.91 Å². The number of likely N-dealkylation sites (N-methyl/N-ethyl adjacent to an activating group) is 1. The quantitative estimate of drug-likeness (QED) is 0.914. The highest BCUT2D eigenvalue weighted by Crippen LogP contribution is 2.25. The molecule has 0 bridgehead atoms. The topological polar surface area (TPSA) is 46.3 Å². The molecule has 19 heavy (non-hydrogen) atoms. The number of rotatable bonds is 4. The number of amides is 1. The number of hydrogen-bond donors (Lipinski definition) is 1. The lowest BCUT2D eigenvalue weighted by Crippen LogP contribution is -2.52. The van der Waals surface area contributed by atoms with E-state index in [-0.39, 0.29) is 11.5 Å². The molecule has 1 aromatic rings. The van der Waals surface area contributed by atoms with Crippen molar-refractivity contribution in [2.75, 3.05) is 7.05 Å². The van der Waals surface area contributed by atoms with Gasteiger partial charge in [-0.2, -0.15) is 0 Å². The average Bonchev–Trinajstić information content (AvgIpc) is 2.38. The van der Waals surface area contributed by atoms with Gasteiger partial charge in [0.2, 0.25) is 5.91 Å². The Morgan fingerprint density at radius 3 is 2.58 bits per heavy atom. The lowest BCUT2D eigenvalue weighted by Gasteiger charge is -2.32. The van der Waals surface area contributed by atoms with E-state index in [2.05, 4.69) is 0 Å². The first kappa shape index (κ1) is 15.6. The summed E-state index contributed by atoms with van der Waals surface area (Å²) in [6.45, 7) is 5.07. The van der Waals surface area contributed by atoms with E-state index in [4.69, 9.17) is 5.73 Å². The van der Waals surface area contributed by atoms with Gasteiger partial charge in [-0.15, -0.1) is 0 Å². The van der Waals surface area contributed by atoms with Gasteiger partial charge in [0.05, 0.1) is 11.6 Å². The van der Waals surface area contributed by atoms with Crippen LogP contribution in [-0.4, -0.2) is 23.4 Å². The Morgan fingerprint density at radius 1 is 1.47 bits per heavy atom. The molecule has 0 saturated heterocycles. The standard InChI is InChI=1S/C14H20F2N2O/c1-5-14(3,17)13(19)18(4)9(2)11-8-10(15)6-7-12(11)16/h6-9H,5,17H2,1-4H3. The van der Waals surface area contributed by atoms with Crippen molar-refractivity contribution in [3.63, 3.8) is 0 Å². The van der Waals surface area contributed by atoms with E-state index in [0.29, 0.717) is 6.42 Å². The Labute approximate surface area is 112 Å². The Hall–Kier alpha value is -1.49. The minimum atomic E-state index is -1.01. The monoisotopic (exact) mass is 270 g/mol. The molecule has 1 amide bonds. The molecule has 2 unspecified atom stereocenters. The van der Waals surface area contributed by atoms with Gasteiger partial charge in [0.25, 0.3) is 0 Å². The molecule has 1 rings (SSSR count). The minimum absolute atomic E-state index is 0.141. The minimum Gasteiger partial charge on any atom is -0.337 e. The molecule has 0 aromatic heterocycles. The lowest BCUT2D eigenvalue weighted by atomic mass is 9.96. The molecule has 2 atom stereocenters. The SMILES string of the molecule is CCC(C)(N)C(=O)N(C)C(C)c1cc(F)ccc1F. The number of nitrogens with two attached hydrogens (primary N) is 1. The number of nitrogens with zero attached hydrogens (tertiary/aromatic N) is 1. The zero-order chi connectivity index (χ0) is 14.8. The van der Waals surface area contributed by atoms with Gasteiger partial charge >= 0.3 is 0 Å². The van der Waals surface area contributed by atoms with Crippen LogP contribution >= 0.6 is 0 Å². The van der Waals surface area contributed by atoms with Crippen LogP contribution in [0.4, 0.5) is 8.78 Å². The van der Waals surface area contributed by atoms with Crippen LogP contribution in [0.1, 0.15) is 38.8 Å². The normalized spacial score (nSPS) is 15.7. The summed E-state index contributed by atoms with van der Waals surface area (Å²) in [6, 6.07) is 2.62. The van der Waals surface area contributed by atoms with E-state index >= 15 is 0 Å². The van der Waals surface area contributed by atoms with Crippen molar-refractivity contribution in [2.24, 2.45) is 5.73 Å². The largest absolute Gasteiger partial charge is 0.337 e. The number of hydrogen-bond acceptors (Lipinski definition) is 2. The fourth-order valence-corrected chi connectivity index (χ4v) is 1.77. The Balaban J connectivity index is 3.03. The first-order chi connectivity index (χ1) is 8.70. The molecule has 3 nitrogen and oxygen atoms in total. The zero-order valence-electron chi connectivity index (χ0n) is 11.7. The number of carbonyl (C=O) groups excluding carboxylic acids is 1. The first-order valence-electron chi connectivity index (χ1n) is 6.21. The van der Waals surface area contributed by atoms with Gasteiger partial charge in [0.1, 0.15) is 11.6 Å². The highest BCUT2D eigenvalue weighted by atomic mass is 19.1. The molecule has 0 radical (unpaired) electrons. The maximum atomic E-state index is 13.7. The summed E-state index contributed by atoms with van der Waals surface area (Å²) >= 11 is 0. The van der Waals surface area contributed by atoms with E-state index in [0.717, 1.165) is 18.2 Å². The lowest BCUT2D eigenvalue weighted by molar-refractivity contribution is -0.137. The van der Waals surface area contributed by atoms with Crippen molar-refractivity contribution in [1.82, 2.24) is 4.90 Å². The summed E-state index contributed by atoms with van der Waals surface area (Å²) in [5, 5.41) is 0. The molecular formula is C14H20F2N2O. The van der Waals surface area contributed by atoms with Crippen LogP contribution in [0, 0.1) is 11.6 Å². The van der Waals surface area contributed by atoms with Crippen molar-refractivity contribution in [1.29, 1.82) is 0 Å². The van der Waals surface area contributed by atoms with Crippen LogP contribution in [-0.2, 0) is 4.79 Å². The molecule has 0 fully saturated rings. The van der Waals surface area contributed by atoms with Gasteiger partial charge < -0.3 is 10.6 Å². The molecular weight excluding hydrogens is 250 g/mol. The fourth-order valence-electron chi connectivity index (χ4n) is 1.77. The van der Waals surface area contributed by atoms with E-state index < -0.39 is 23.2 Å². The van der Waals surface area contributed by atoms with Gasteiger partial charge in [-0.25, -0.2) is 8.78 Å². The Bertz CT molecular complexity index is 475. The van der Waals surface area contributed by atoms with Crippen LogP contribution in [0.15, 0.2) is 18.2 Å². The Kier molecular flexibility index (Phi) is 4.63. The Morgan fingerprint density at radius 2 is 2.05 bits per heavy atom. The van der Waals surface area contributed by atoms with Crippen LogP contribution in [0.5, 0.6) is 0 Å². The molecule has 5 heteroatoms. The van der Waals surface area contributed by atoms with E-state index in [1.807, 2.05) is 0 Å². The summed E-state index contributed by atoms with van der Waals surface area (Å²) in [5.74, 6) is -1.37. The van der Waals surface area contributed by atoms with Crippen LogP contribution in [0.25, 0.3) is 0 Å². The molecule has 2 N–H and O–H groups in total. The molecule has 0 aliphatic carbocycles. The van der Waals surface area contributed by atoms with Gasteiger partial charge in [0, 0.05) is 12.6 Å². The third-order valence-electron chi connectivity index (χ3n) is 3.53. The maximum Gasteiger partial charge on any atom is 0.242 e. The molecule has 0 spiro atoms. The summed E-state index contributed by atoms with van der Waals surface area (Å²) in [6.07, 6.45) is 0.467. The van der Waals surface area contributed by atoms with Gasteiger partial charge in [-0.05, 0) is 38.5 Å². The summed E-state index contributed by atoms with van der Waals surface area (Å²) in [7, 11) is 1.54. The highest BCUT2D eigenvalue weighted by molar-refractivity contribution is 5.85. The maximum absolute atomic E-state index is 13.7. The van der Waals surface area contributed by atoms with Crippen molar-refractivity contribution < 1.29 is 13.6 Å².